The van der Waals surface area contributed by atoms with Gasteiger partial charge in [-0.15, -0.1) is 0 Å². The molecule has 1 saturated heterocycles. The minimum absolute atomic E-state index is 0.220. The van der Waals surface area contributed by atoms with Crippen molar-refractivity contribution in [3.8, 4) is 0 Å². The lowest BCUT2D eigenvalue weighted by molar-refractivity contribution is -0.147. The second kappa shape index (κ2) is 5.67. The minimum atomic E-state index is -0.349. The van der Waals surface area contributed by atoms with E-state index in [1.165, 1.54) is 12.1 Å². The number of halogens is 2. The van der Waals surface area contributed by atoms with Gasteiger partial charge in [0.05, 0.1) is 12.5 Å². The Labute approximate surface area is 110 Å². The second-order valence-electron chi connectivity index (χ2n) is 4.29. The van der Waals surface area contributed by atoms with E-state index in [4.69, 9.17) is 16.3 Å². The molecule has 0 spiro atoms. The first-order chi connectivity index (χ1) is 8.63. The van der Waals surface area contributed by atoms with Crippen molar-refractivity contribution in [1.82, 2.24) is 5.32 Å². The van der Waals surface area contributed by atoms with Crippen LogP contribution in [0.25, 0.3) is 0 Å². The molecule has 1 aromatic carbocycles. The molecule has 0 radical (unpaired) electrons. The van der Waals surface area contributed by atoms with Crippen LogP contribution >= 0.6 is 11.6 Å². The second-order valence-corrected chi connectivity index (χ2v) is 4.73. The van der Waals surface area contributed by atoms with E-state index in [9.17, 15) is 9.18 Å². The number of rotatable bonds is 3. The standard InChI is InChI=1S/C13H15ClFNO2/c1-2-18-13(17)11-7-16-6-10(11)9-5-8(14)3-4-12(9)15/h3-5,10-11,16H,2,6-7H2,1H3/t10-,11+/m0/s1. The summed E-state index contributed by atoms with van der Waals surface area (Å²) in [7, 11) is 0. The quantitative estimate of drug-likeness (QED) is 0.858. The predicted octanol–water partition coefficient (Wildman–Crippen LogP) is 2.35. The number of benzene rings is 1. The van der Waals surface area contributed by atoms with Gasteiger partial charge in [-0.1, -0.05) is 11.6 Å². The smallest absolute Gasteiger partial charge is 0.310 e. The number of ether oxygens (including phenoxy) is 1. The van der Waals surface area contributed by atoms with Gasteiger partial charge in [0.15, 0.2) is 0 Å². The third-order valence-corrected chi connectivity index (χ3v) is 3.40. The molecule has 18 heavy (non-hydrogen) atoms. The van der Waals surface area contributed by atoms with Crippen LogP contribution in [0.2, 0.25) is 5.02 Å². The van der Waals surface area contributed by atoms with Crippen molar-refractivity contribution in [2.75, 3.05) is 19.7 Å². The number of hydrogen-bond donors (Lipinski definition) is 1. The van der Waals surface area contributed by atoms with Crippen LogP contribution in [0, 0.1) is 11.7 Å². The lowest BCUT2D eigenvalue weighted by atomic mass is 9.88. The highest BCUT2D eigenvalue weighted by molar-refractivity contribution is 6.30. The molecule has 0 aliphatic carbocycles. The summed E-state index contributed by atoms with van der Waals surface area (Å²) >= 11 is 5.88. The average molecular weight is 272 g/mol. The van der Waals surface area contributed by atoms with Gasteiger partial charge in [-0.25, -0.2) is 4.39 Å². The molecule has 0 unspecified atom stereocenters. The number of esters is 1. The summed E-state index contributed by atoms with van der Waals surface area (Å²) in [5.74, 6) is -1.19. The highest BCUT2D eigenvalue weighted by atomic mass is 35.5. The molecule has 2 atom stereocenters. The van der Waals surface area contributed by atoms with E-state index >= 15 is 0 Å². The fourth-order valence-corrected chi connectivity index (χ4v) is 2.48. The molecule has 98 valence electrons. The molecular weight excluding hydrogens is 257 g/mol. The Bertz CT molecular complexity index is 453. The number of nitrogens with one attached hydrogen (secondary N) is 1. The molecule has 1 heterocycles. The first-order valence-electron chi connectivity index (χ1n) is 5.95. The van der Waals surface area contributed by atoms with E-state index in [-0.39, 0.29) is 23.6 Å². The Morgan fingerprint density at radius 2 is 2.33 bits per heavy atom. The van der Waals surface area contributed by atoms with Gasteiger partial charge in [0.1, 0.15) is 5.82 Å². The van der Waals surface area contributed by atoms with Gasteiger partial charge in [-0.2, -0.15) is 0 Å². The van der Waals surface area contributed by atoms with E-state index < -0.39 is 0 Å². The zero-order valence-corrected chi connectivity index (χ0v) is 10.8. The molecule has 1 aliphatic rings. The van der Waals surface area contributed by atoms with Crippen LogP contribution in [0.4, 0.5) is 4.39 Å². The third-order valence-electron chi connectivity index (χ3n) is 3.16. The Hall–Kier alpha value is -1.13. The molecule has 1 aliphatic heterocycles. The Morgan fingerprint density at radius 1 is 1.56 bits per heavy atom. The molecule has 2 rings (SSSR count). The molecule has 0 saturated carbocycles. The van der Waals surface area contributed by atoms with Crippen molar-refractivity contribution in [1.29, 1.82) is 0 Å². The lowest BCUT2D eigenvalue weighted by Gasteiger charge is -2.18. The van der Waals surface area contributed by atoms with Crippen molar-refractivity contribution in [3.05, 3.63) is 34.6 Å². The molecule has 1 N–H and O–H groups in total. The van der Waals surface area contributed by atoms with Crippen LogP contribution in [0.15, 0.2) is 18.2 Å². The monoisotopic (exact) mass is 271 g/mol. The predicted molar refractivity (Wildman–Crippen MR) is 67.1 cm³/mol. The zero-order chi connectivity index (χ0) is 13.1. The van der Waals surface area contributed by atoms with Crippen LogP contribution in [0.5, 0.6) is 0 Å². The molecule has 0 aromatic heterocycles. The normalized spacial score (nSPS) is 23.1. The summed E-state index contributed by atoms with van der Waals surface area (Å²) in [6.07, 6.45) is 0. The fourth-order valence-electron chi connectivity index (χ4n) is 2.30. The maximum atomic E-state index is 13.8. The van der Waals surface area contributed by atoms with Crippen LogP contribution in [-0.4, -0.2) is 25.7 Å². The highest BCUT2D eigenvalue weighted by Gasteiger charge is 2.36. The van der Waals surface area contributed by atoms with Crippen molar-refractivity contribution in [2.45, 2.75) is 12.8 Å². The summed E-state index contributed by atoms with van der Waals surface area (Å²) in [6, 6.07) is 4.42. The van der Waals surface area contributed by atoms with Crippen molar-refractivity contribution in [3.63, 3.8) is 0 Å². The van der Waals surface area contributed by atoms with E-state index in [1.807, 2.05) is 0 Å². The van der Waals surface area contributed by atoms with E-state index in [0.29, 0.717) is 30.3 Å². The summed E-state index contributed by atoms with van der Waals surface area (Å²) < 4.78 is 18.8. The summed E-state index contributed by atoms with van der Waals surface area (Å²) in [5, 5.41) is 3.57. The largest absolute Gasteiger partial charge is 0.466 e. The number of hydrogen-bond acceptors (Lipinski definition) is 3. The van der Waals surface area contributed by atoms with Crippen LogP contribution in [-0.2, 0) is 9.53 Å². The maximum absolute atomic E-state index is 13.8. The molecule has 1 fully saturated rings. The SMILES string of the molecule is CCOC(=O)[C@@H]1CNC[C@H]1c1cc(Cl)ccc1F. The topological polar surface area (TPSA) is 38.3 Å². The minimum Gasteiger partial charge on any atom is -0.466 e. The molecule has 1 aromatic rings. The van der Waals surface area contributed by atoms with Gasteiger partial charge in [0, 0.05) is 24.0 Å². The number of carbonyl (C=O) groups excluding carboxylic acids is 1. The molecule has 0 bridgehead atoms. The lowest BCUT2D eigenvalue weighted by Crippen LogP contribution is -2.24. The van der Waals surface area contributed by atoms with Gasteiger partial charge in [0.2, 0.25) is 0 Å². The van der Waals surface area contributed by atoms with Gasteiger partial charge in [-0.05, 0) is 30.7 Å². The van der Waals surface area contributed by atoms with Crippen molar-refractivity contribution in [2.24, 2.45) is 5.92 Å². The van der Waals surface area contributed by atoms with Gasteiger partial charge < -0.3 is 10.1 Å². The summed E-state index contributed by atoms with van der Waals surface area (Å²) in [5.41, 5.74) is 0.477. The maximum Gasteiger partial charge on any atom is 0.310 e. The first-order valence-corrected chi connectivity index (χ1v) is 6.33. The first kappa shape index (κ1) is 13.3. The van der Waals surface area contributed by atoms with Crippen molar-refractivity contribution >= 4 is 17.6 Å². The Morgan fingerprint density at radius 3 is 3.06 bits per heavy atom. The van der Waals surface area contributed by atoms with E-state index in [1.54, 1.807) is 13.0 Å². The molecule has 0 amide bonds. The summed E-state index contributed by atoms with van der Waals surface area (Å²) in [4.78, 5) is 11.8. The summed E-state index contributed by atoms with van der Waals surface area (Å²) in [6.45, 7) is 3.16. The molecule has 3 nitrogen and oxygen atoms in total. The van der Waals surface area contributed by atoms with E-state index in [0.717, 1.165) is 0 Å². The zero-order valence-electron chi connectivity index (χ0n) is 10.1. The fraction of sp³-hybridized carbons (Fsp3) is 0.462. The Kier molecular flexibility index (Phi) is 4.19. The van der Waals surface area contributed by atoms with Gasteiger partial charge >= 0.3 is 5.97 Å². The number of carbonyl (C=O) groups is 1. The molecular formula is C13H15ClFNO2. The highest BCUT2D eigenvalue weighted by Crippen LogP contribution is 2.32. The van der Waals surface area contributed by atoms with Crippen LogP contribution in [0.3, 0.4) is 0 Å². The van der Waals surface area contributed by atoms with E-state index in [2.05, 4.69) is 5.32 Å². The van der Waals surface area contributed by atoms with Crippen LogP contribution in [0.1, 0.15) is 18.4 Å². The molecule has 5 heteroatoms. The average Bonchev–Trinajstić information content (AvgIpc) is 2.81. The third kappa shape index (κ3) is 2.65. The van der Waals surface area contributed by atoms with Gasteiger partial charge in [-0.3, -0.25) is 4.79 Å². The van der Waals surface area contributed by atoms with Crippen LogP contribution < -0.4 is 5.32 Å². The van der Waals surface area contributed by atoms with Gasteiger partial charge in [0.25, 0.3) is 0 Å². The van der Waals surface area contributed by atoms with Crippen molar-refractivity contribution < 1.29 is 13.9 Å². The Balaban J connectivity index is 2.25.